The quantitative estimate of drug-likeness (QED) is 0.787. The highest BCUT2D eigenvalue weighted by Gasteiger charge is 2.19. The summed E-state index contributed by atoms with van der Waals surface area (Å²) in [5.74, 6) is 0.833. The molecular weight excluding hydrogens is 310 g/mol. The lowest BCUT2D eigenvalue weighted by molar-refractivity contribution is 0.0659. The van der Waals surface area contributed by atoms with Gasteiger partial charge in [-0.15, -0.1) is 11.3 Å². The predicted molar refractivity (Wildman–Crippen MR) is 94.7 cm³/mol. The van der Waals surface area contributed by atoms with Crippen LogP contribution in [-0.4, -0.2) is 66.3 Å². The summed E-state index contributed by atoms with van der Waals surface area (Å²) in [6.45, 7) is 8.78. The Bertz CT molecular complexity index is 460. The summed E-state index contributed by atoms with van der Waals surface area (Å²) in [5.41, 5.74) is 1.05. The van der Waals surface area contributed by atoms with Crippen LogP contribution in [-0.2, 0) is 11.3 Å². The molecule has 0 amide bonds. The minimum absolute atomic E-state index is 0.0474. The highest BCUT2D eigenvalue weighted by Crippen LogP contribution is 2.21. The summed E-state index contributed by atoms with van der Waals surface area (Å²) < 4.78 is 5.30. The van der Waals surface area contributed by atoms with Gasteiger partial charge in [-0.2, -0.15) is 0 Å². The van der Waals surface area contributed by atoms with Crippen LogP contribution >= 0.6 is 11.3 Å². The number of likely N-dealkylation sites (tertiary alicyclic amines) is 1. The Morgan fingerprint density at radius 3 is 2.83 bits per heavy atom. The highest BCUT2D eigenvalue weighted by molar-refractivity contribution is 7.09. The van der Waals surface area contributed by atoms with E-state index in [1.165, 1.54) is 12.8 Å². The van der Waals surface area contributed by atoms with Crippen molar-refractivity contribution in [2.45, 2.75) is 45.4 Å². The summed E-state index contributed by atoms with van der Waals surface area (Å²) in [5, 5.41) is 13.4. The van der Waals surface area contributed by atoms with E-state index in [1.54, 1.807) is 18.4 Å². The minimum Gasteiger partial charge on any atom is -0.390 e. The van der Waals surface area contributed by atoms with Crippen LogP contribution in [0.15, 0.2) is 5.38 Å². The van der Waals surface area contributed by atoms with Crippen LogP contribution < -0.4 is 0 Å². The van der Waals surface area contributed by atoms with Crippen molar-refractivity contribution in [2.24, 2.45) is 5.92 Å². The van der Waals surface area contributed by atoms with Crippen LogP contribution in [0.4, 0.5) is 0 Å². The molecule has 6 heteroatoms. The van der Waals surface area contributed by atoms with Gasteiger partial charge in [0.15, 0.2) is 0 Å². The van der Waals surface area contributed by atoms with Gasteiger partial charge in [-0.1, -0.05) is 6.92 Å². The Morgan fingerprint density at radius 1 is 1.48 bits per heavy atom. The number of β-amino-alcohol motifs (C(OH)–C–C–N with tert-alkyl or cyclic N) is 1. The number of ether oxygens (including phenoxy) is 1. The Kier molecular flexibility index (Phi) is 7.43. The molecule has 1 fully saturated rings. The normalized spacial score (nSPS) is 20.1. The van der Waals surface area contributed by atoms with E-state index >= 15 is 0 Å². The van der Waals surface area contributed by atoms with Crippen molar-refractivity contribution in [2.75, 3.05) is 40.3 Å². The molecule has 0 aliphatic carbocycles. The van der Waals surface area contributed by atoms with Gasteiger partial charge in [0.1, 0.15) is 11.1 Å². The molecule has 132 valence electrons. The van der Waals surface area contributed by atoms with E-state index in [0.717, 1.165) is 42.8 Å². The Hall–Kier alpha value is -0.530. The number of hydrogen-bond acceptors (Lipinski definition) is 6. The second-order valence-corrected chi connectivity index (χ2v) is 7.78. The lowest BCUT2D eigenvalue weighted by Crippen LogP contribution is -2.42. The summed E-state index contributed by atoms with van der Waals surface area (Å²) in [6, 6.07) is 0. The largest absolute Gasteiger partial charge is 0.390 e. The molecule has 2 rings (SSSR count). The molecule has 5 nitrogen and oxygen atoms in total. The zero-order valence-corrected chi connectivity index (χ0v) is 15.7. The van der Waals surface area contributed by atoms with Crippen LogP contribution in [0.25, 0.3) is 0 Å². The van der Waals surface area contributed by atoms with Crippen molar-refractivity contribution >= 4 is 11.3 Å². The van der Waals surface area contributed by atoms with Crippen molar-refractivity contribution in [3.8, 4) is 0 Å². The molecular formula is C17H31N3O2S. The number of thiazole rings is 1. The number of methoxy groups -OCH3 is 1. The standard InChI is InChI=1S/C17H31N3O2S/c1-13-5-7-20(8-6-13)11-16(21)10-19(3)9-15-12-23-17(18-15)14(2)22-4/h12-14,16,21H,5-11H2,1-4H3. The van der Waals surface area contributed by atoms with Gasteiger partial charge in [-0.3, -0.25) is 4.90 Å². The SMILES string of the molecule is COC(C)c1nc(CN(C)CC(O)CN2CCC(C)CC2)cs1. The van der Waals surface area contributed by atoms with E-state index in [4.69, 9.17) is 4.74 Å². The van der Waals surface area contributed by atoms with Crippen molar-refractivity contribution in [3.63, 3.8) is 0 Å². The third-order valence-corrected chi connectivity index (χ3v) is 5.63. The zero-order chi connectivity index (χ0) is 16.8. The first-order valence-electron chi connectivity index (χ1n) is 8.54. The van der Waals surface area contributed by atoms with Crippen molar-refractivity contribution in [1.29, 1.82) is 0 Å². The van der Waals surface area contributed by atoms with Gasteiger partial charge in [0.25, 0.3) is 0 Å². The predicted octanol–water partition coefficient (Wildman–Crippen LogP) is 2.38. The number of aromatic nitrogens is 1. The first kappa shape index (κ1) is 18.8. The number of piperidine rings is 1. The van der Waals surface area contributed by atoms with E-state index in [2.05, 4.69) is 27.1 Å². The van der Waals surface area contributed by atoms with Gasteiger partial charge in [-0.05, 0) is 45.8 Å². The fraction of sp³-hybridized carbons (Fsp3) is 0.824. The molecule has 1 aromatic rings. The van der Waals surface area contributed by atoms with E-state index in [1.807, 2.05) is 14.0 Å². The minimum atomic E-state index is -0.301. The van der Waals surface area contributed by atoms with Crippen LogP contribution in [0.3, 0.4) is 0 Å². The molecule has 2 unspecified atom stereocenters. The number of likely N-dealkylation sites (N-methyl/N-ethyl adjacent to an activating group) is 1. The van der Waals surface area contributed by atoms with Gasteiger partial charge in [0.05, 0.1) is 11.8 Å². The van der Waals surface area contributed by atoms with Crippen LogP contribution in [0.1, 0.15) is 43.5 Å². The van der Waals surface area contributed by atoms with Gasteiger partial charge >= 0.3 is 0 Å². The number of rotatable bonds is 8. The van der Waals surface area contributed by atoms with E-state index < -0.39 is 0 Å². The number of aliphatic hydroxyl groups excluding tert-OH is 1. The molecule has 1 aliphatic heterocycles. The lowest BCUT2D eigenvalue weighted by atomic mass is 9.99. The fourth-order valence-electron chi connectivity index (χ4n) is 2.98. The summed E-state index contributed by atoms with van der Waals surface area (Å²) in [4.78, 5) is 9.15. The van der Waals surface area contributed by atoms with Gasteiger partial charge in [0.2, 0.25) is 0 Å². The average Bonchev–Trinajstić information content (AvgIpc) is 2.97. The van der Waals surface area contributed by atoms with Crippen LogP contribution in [0.2, 0.25) is 0 Å². The Morgan fingerprint density at radius 2 is 2.17 bits per heavy atom. The molecule has 23 heavy (non-hydrogen) atoms. The van der Waals surface area contributed by atoms with E-state index in [-0.39, 0.29) is 12.2 Å². The van der Waals surface area contributed by atoms with Gasteiger partial charge in [0, 0.05) is 32.1 Å². The number of hydrogen-bond donors (Lipinski definition) is 1. The first-order chi connectivity index (χ1) is 11.0. The van der Waals surface area contributed by atoms with Crippen LogP contribution in [0, 0.1) is 5.92 Å². The number of aliphatic hydroxyl groups is 1. The molecule has 0 aromatic carbocycles. The molecule has 1 aliphatic rings. The molecule has 0 radical (unpaired) electrons. The fourth-order valence-corrected chi connectivity index (χ4v) is 3.83. The highest BCUT2D eigenvalue weighted by atomic mass is 32.1. The van der Waals surface area contributed by atoms with Crippen molar-refractivity contribution < 1.29 is 9.84 Å². The molecule has 0 spiro atoms. The number of nitrogens with zero attached hydrogens (tertiary/aromatic N) is 3. The maximum atomic E-state index is 10.3. The molecule has 1 saturated heterocycles. The van der Waals surface area contributed by atoms with Crippen molar-refractivity contribution in [1.82, 2.24) is 14.8 Å². The molecule has 1 N–H and O–H groups in total. The smallest absolute Gasteiger partial charge is 0.122 e. The van der Waals surface area contributed by atoms with Crippen molar-refractivity contribution in [3.05, 3.63) is 16.1 Å². The third kappa shape index (κ3) is 6.12. The van der Waals surface area contributed by atoms with E-state index in [0.29, 0.717) is 6.54 Å². The van der Waals surface area contributed by atoms with Gasteiger partial charge in [-0.25, -0.2) is 4.98 Å². The van der Waals surface area contributed by atoms with Gasteiger partial charge < -0.3 is 14.7 Å². The molecule has 2 atom stereocenters. The molecule has 1 aromatic heterocycles. The average molecular weight is 342 g/mol. The summed E-state index contributed by atoms with van der Waals surface area (Å²) in [7, 11) is 3.75. The second kappa shape index (κ2) is 9.08. The maximum absolute atomic E-state index is 10.3. The summed E-state index contributed by atoms with van der Waals surface area (Å²) in [6.07, 6.45) is 2.25. The Labute approximate surface area is 144 Å². The third-order valence-electron chi connectivity index (χ3n) is 4.57. The lowest BCUT2D eigenvalue weighted by Gasteiger charge is -2.32. The Balaban J connectivity index is 1.73. The first-order valence-corrected chi connectivity index (χ1v) is 9.42. The van der Waals surface area contributed by atoms with Crippen LogP contribution in [0.5, 0.6) is 0 Å². The monoisotopic (exact) mass is 341 g/mol. The molecule has 0 saturated carbocycles. The molecule has 0 bridgehead atoms. The second-order valence-electron chi connectivity index (χ2n) is 6.89. The topological polar surface area (TPSA) is 48.8 Å². The van der Waals surface area contributed by atoms with E-state index in [9.17, 15) is 5.11 Å². The molecule has 2 heterocycles. The summed E-state index contributed by atoms with van der Waals surface area (Å²) >= 11 is 1.64. The zero-order valence-electron chi connectivity index (χ0n) is 14.9. The maximum Gasteiger partial charge on any atom is 0.122 e.